The maximum atomic E-state index is 10.2. The van der Waals surface area contributed by atoms with Crippen LogP contribution in [0.5, 0.6) is 0 Å². The van der Waals surface area contributed by atoms with Crippen LogP contribution in [0.15, 0.2) is 0 Å². The van der Waals surface area contributed by atoms with Crippen LogP contribution in [0, 0.1) is 22.0 Å². The highest BCUT2D eigenvalue weighted by molar-refractivity contribution is 5.64. The number of carboxylic acid groups (broad SMARTS) is 1. The van der Waals surface area contributed by atoms with E-state index < -0.39 is 16.8 Å². The highest BCUT2D eigenvalue weighted by Gasteiger charge is 2.16. The average molecular weight is 188 g/mol. The summed E-state index contributed by atoms with van der Waals surface area (Å²) in [5, 5.41) is 20.4. The van der Waals surface area contributed by atoms with E-state index in [1.54, 1.807) is 0 Å². The van der Waals surface area contributed by atoms with Crippen LogP contribution in [-0.4, -0.2) is 17.4 Å². The van der Waals surface area contributed by atoms with Crippen molar-refractivity contribution in [3.8, 4) is 0 Å². The van der Waals surface area contributed by atoms with Crippen LogP contribution in [0.25, 0.3) is 0 Å². The van der Waals surface area contributed by atoms with Gasteiger partial charge in [-0.3, -0.25) is 10.1 Å². The van der Waals surface area contributed by atoms with Gasteiger partial charge in [0, 0.05) is 16.8 Å². The predicted octanol–water partition coefficient (Wildman–Crippen LogP) is 0.0654. The number of carboxylic acids is 1. The Morgan fingerprint density at radius 3 is 2.31 bits per heavy atom. The monoisotopic (exact) mass is 188 g/mol. The van der Waals surface area contributed by atoms with Crippen LogP contribution < -0.4 is 5.11 Å². The van der Waals surface area contributed by atoms with Gasteiger partial charge in [0.1, 0.15) is 0 Å². The predicted molar refractivity (Wildman–Crippen MR) is 44.4 cm³/mol. The molecule has 0 heterocycles. The van der Waals surface area contributed by atoms with E-state index in [2.05, 4.69) is 0 Å². The first kappa shape index (κ1) is 11.9. The van der Waals surface area contributed by atoms with E-state index in [0.29, 0.717) is 6.42 Å². The minimum atomic E-state index is -1.22. The molecular formula is C8H14NO4-. The van der Waals surface area contributed by atoms with E-state index in [9.17, 15) is 20.0 Å². The number of hydrogen-bond donors (Lipinski definition) is 0. The van der Waals surface area contributed by atoms with E-state index in [1.807, 2.05) is 13.8 Å². The molecule has 0 N–H and O–H groups in total. The van der Waals surface area contributed by atoms with Crippen molar-refractivity contribution < 1.29 is 14.8 Å². The van der Waals surface area contributed by atoms with Gasteiger partial charge in [0.2, 0.25) is 6.54 Å². The van der Waals surface area contributed by atoms with Gasteiger partial charge in [-0.1, -0.05) is 13.8 Å². The molecule has 0 fully saturated rings. The van der Waals surface area contributed by atoms with Gasteiger partial charge in [-0.2, -0.15) is 0 Å². The summed E-state index contributed by atoms with van der Waals surface area (Å²) < 4.78 is 0. The molecule has 0 aliphatic carbocycles. The molecule has 0 radical (unpaired) electrons. The number of hydrogen-bond acceptors (Lipinski definition) is 4. The zero-order valence-corrected chi connectivity index (χ0v) is 7.86. The number of nitrogens with zero attached hydrogens (tertiary/aromatic N) is 1. The maximum Gasteiger partial charge on any atom is 0.207 e. The first-order valence-corrected chi connectivity index (χ1v) is 4.23. The second kappa shape index (κ2) is 5.50. The average Bonchev–Trinajstić information content (AvgIpc) is 1.80. The molecule has 0 saturated heterocycles. The Bertz CT molecular complexity index is 175. The van der Waals surface area contributed by atoms with Gasteiger partial charge < -0.3 is 9.90 Å². The molecular weight excluding hydrogens is 174 g/mol. The summed E-state index contributed by atoms with van der Waals surface area (Å²) in [7, 11) is 0. The molecule has 0 aliphatic heterocycles. The van der Waals surface area contributed by atoms with Gasteiger partial charge in [-0.15, -0.1) is 0 Å². The van der Waals surface area contributed by atoms with Gasteiger partial charge in [0.15, 0.2) is 0 Å². The zero-order valence-electron chi connectivity index (χ0n) is 7.86. The normalized spacial score (nSPS) is 12.8. The third kappa shape index (κ3) is 7.24. The van der Waals surface area contributed by atoms with Crippen LogP contribution in [-0.2, 0) is 4.79 Å². The molecule has 0 aliphatic rings. The van der Waals surface area contributed by atoms with E-state index in [0.717, 1.165) is 0 Å². The van der Waals surface area contributed by atoms with Gasteiger partial charge in [0.05, 0.1) is 0 Å². The quantitative estimate of drug-likeness (QED) is 0.436. The van der Waals surface area contributed by atoms with E-state index in [1.165, 1.54) is 0 Å². The second-order valence-electron chi connectivity index (χ2n) is 3.59. The van der Waals surface area contributed by atoms with Gasteiger partial charge >= 0.3 is 0 Å². The van der Waals surface area contributed by atoms with E-state index >= 15 is 0 Å². The van der Waals surface area contributed by atoms with Crippen molar-refractivity contribution in [2.24, 2.45) is 11.8 Å². The van der Waals surface area contributed by atoms with Crippen molar-refractivity contribution in [3.05, 3.63) is 10.1 Å². The molecule has 0 saturated carbocycles. The van der Waals surface area contributed by atoms with Gasteiger partial charge in [-0.25, -0.2) is 0 Å². The largest absolute Gasteiger partial charge is 0.550 e. The van der Waals surface area contributed by atoms with Crippen LogP contribution in [0.3, 0.4) is 0 Å². The summed E-state index contributed by atoms with van der Waals surface area (Å²) in [5.74, 6) is -1.35. The molecule has 0 amide bonds. The maximum absolute atomic E-state index is 10.2. The Morgan fingerprint density at radius 2 is 2.00 bits per heavy atom. The molecule has 0 spiro atoms. The van der Waals surface area contributed by atoms with Crippen molar-refractivity contribution >= 4 is 5.97 Å². The highest BCUT2D eigenvalue weighted by Crippen LogP contribution is 2.15. The van der Waals surface area contributed by atoms with Gasteiger partial charge in [-0.05, 0) is 18.8 Å². The first-order valence-electron chi connectivity index (χ1n) is 4.23. The molecule has 0 aromatic carbocycles. The number of nitro groups is 1. The molecule has 0 rings (SSSR count). The van der Waals surface area contributed by atoms with Crippen LogP contribution >= 0.6 is 0 Å². The second-order valence-corrected chi connectivity index (χ2v) is 3.59. The van der Waals surface area contributed by atoms with Gasteiger partial charge in [0.25, 0.3) is 0 Å². The molecule has 1 atom stereocenters. The summed E-state index contributed by atoms with van der Waals surface area (Å²) in [5.41, 5.74) is 0. The Kier molecular flexibility index (Phi) is 5.03. The topological polar surface area (TPSA) is 83.3 Å². The fraction of sp³-hybridized carbons (Fsp3) is 0.875. The molecule has 0 aromatic heterocycles. The molecule has 76 valence electrons. The standard InChI is InChI=1S/C8H15NO4/c1-6(2)3-7(4-8(10)11)5-9(12)13/h6-7H,3-5H2,1-2H3,(H,10,11)/p-1. The summed E-state index contributed by atoms with van der Waals surface area (Å²) in [6.45, 7) is 3.52. The van der Waals surface area contributed by atoms with Crippen molar-refractivity contribution in [1.82, 2.24) is 0 Å². The molecule has 0 aromatic rings. The number of aliphatic carboxylic acids is 1. The molecule has 13 heavy (non-hydrogen) atoms. The minimum absolute atomic E-state index is 0.223. The van der Waals surface area contributed by atoms with E-state index in [4.69, 9.17) is 0 Å². The summed E-state index contributed by atoms with van der Waals surface area (Å²) in [6, 6.07) is 0. The first-order chi connectivity index (χ1) is 5.91. The molecule has 0 bridgehead atoms. The Labute approximate surface area is 76.9 Å². The lowest BCUT2D eigenvalue weighted by Gasteiger charge is -2.15. The lowest BCUT2D eigenvalue weighted by Crippen LogP contribution is -2.28. The summed E-state index contributed by atoms with van der Waals surface area (Å²) >= 11 is 0. The number of rotatable bonds is 6. The molecule has 5 heteroatoms. The Hall–Kier alpha value is -1.13. The fourth-order valence-corrected chi connectivity index (χ4v) is 1.34. The highest BCUT2D eigenvalue weighted by atomic mass is 16.6. The van der Waals surface area contributed by atoms with Crippen molar-refractivity contribution in [1.29, 1.82) is 0 Å². The van der Waals surface area contributed by atoms with Crippen LogP contribution in [0.4, 0.5) is 0 Å². The lowest BCUT2D eigenvalue weighted by molar-refractivity contribution is -0.489. The molecule has 5 nitrogen and oxygen atoms in total. The van der Waals surface area contributed by atoms with Crippen molar-refractivity contribution in [2.75, 3.05) is 6.54 Å². The summed E-state index contributed by atoms with van der Waals surface area (Å²) in [4.78, 5) is 19.9. The number of carbonyl (C=O) groups excluding carboxylic acids is 1. The zero-order chi connectivity index (χ0) is 10.4. The van der Waals surface area contributed by atoms with Crippen molar-refractivity contribution in [3.63, 3.8) is 0 Å². The lowest BCUT2D eigenvalue weighted by atomic mass is 9.94. The Balaban J connectivity index is 4.02. The SMILES string of the molecule is CC(C)CC(CC(=O)[O-])C[N+](=O)[O-]. The smallest absolute Gasteiger partial charge is 0.207 e. The third-order valence-corrected chi connectivity index (χ3v) is 1.67. The summed E-state index contributed by atoms with van der Waals surface area (Å²) in [6.07, 6.45) is 0.328. The number of carbonyl (C=O) groups is 1. The van der Waals surface area contributed by atoms with Crippen LogP contribution in [0.2, 0.25) is 0 Å². The molecule has 1 unspecified atom stereocenters. The van der Waals surface area contributed by atoms with Crippen LogP contribution in [0.1, 0.15) is 26.7 Å². The Morgan fingerprint density at radius 1 is 1.46 bits per heavy atom. The minimum Gasteiger partial charge on any atom is -0.550 e. The van der Waals surface area contributed by atoms with E-state index in [-0.39, 0.29) is 18.9 Å². The fourth-order valence-electron chi connectivity index (χ4n) is 1.34. The third-order valence-electron chi connectivity index (χ3n) is 1.67. The van der Waals surface area contributed by atoms with Crippen molar-refractivity contribution in [2.45, 2.75) is 26.7 Å².